The maximum absolute atomic E-state index is 13.5. The smallest absolute Gasteiger partial charge is 0.426 e. The summed E-state index contributed by atoms with van der Waals surface area (Å²) >= 11 is 0. The van der Waals surface area contributed by atoms with E-state index in [1.54, 1.807) is 38.1 Å². The van der Waals surface area contributed by atoms with Crippen LogP contribution in [0.5, 0.6) is 0 Å². The molecule has 0 radical (unpaired) electrons. The summed E-state index contributed by atoms with van der Waals surface area (Å²) in [6, 6.07) is 6.37. The number of carbonyl (C=O) groups is 1. The molecule has 1 aliphatic rings. The molecule has 26 heavy (non-hydrogen) atoms. The second kappa shape index (κ2) is 8.39. The fraction of sp³-hybridized carbons (Fsp3) is 0.632. The van der Waals surface area contributed by atoms with Crippen molar-refractivity contribution >= 4 is 22.0 Å². The molecule has 1 aliphatic carbocycles. The van der Waals surface area contributed by atoms with Crippen LogP contribution in [0.4, 0.5) is 10.5 Å². The van der Waals surface area contributed by atoms with Gasteiger partial charge in [0.2, 0.25) is 0 Å². The van der Waals surface area contributed by atoms with Crippen molar-refractivity contribution in [2.24, 2.45) is 0 Å². The Morgan fingerprint density at radius 3 is 2.15 bits per heavy atom. The van der Waals surface area contributed by atoms with Crippen molar-refractivity contribution in [3.05, 3.63) is 29.8 Å². The van der Waals surface area contributed by atoms with Crippen molar-refractivity contribution in [1.82, 2.24) is 4.31 Å². The van der Waals surface area contributed by atoms with E-state index in [0.717, 1.165) is 32.1 Å². The Hall–Kier alpha value is -1.60. The summed E-state index contributed by atoms with van der Waals surface area (Å²) in [7, 11) is -4.20. The lowest BCUT2D eigenvalue weighted by atomic mass is 9.95. The Morgan fingerprint density at radius 1 is 1.08 bits per heavy atom. The number of carboxylic acid groups (broad SMARTS) is 1. The van der Waals surface area contributed by atoms with Crippen molar-refractivity contribution < 1.29 is 18.3 Å². The topological polar surface area (TPSA) is 77.9 Å². The van der Waals surface area contributed by atoms with Crippen LogP contribution in [0.2, 0.25) is 0 Å². The second-order valence-corrected chi connectivity index (χ2v) is 9.17. The minimum atomic E-state index is -4.20. The molecule has 0 spiro atoms. The van der Waals surface area contributed by atoms with Gasteiger partial charge in [0.05, 0.1) is 5.69 Å². The van der Waals surface area contributed by atoms with Crippen molar-refractivity contribution in [3.8, 4) is 0 Å². The van der Waals surface area contributed by atoms with E-state index >= 15 is 0 Å². The zero-order valence-corrected chi connectivity index (χ0v) is 16.9. The van der Waals surface area contributed by atoms with E-state index in [1.165, 1.54) is 4.31 Å². The zero-order chi connectivity index (χ0) is 19.5. The van der Waals surface area contributed by atoms with E-state index in [9.17, 15) is 18.3 Å². The summed E-state index contributed by atoms with van der Waals surface area (Å²) in [5.41, 5.74) is 0.919. The van der Waals surface area contributed by atoms with Gasteiger partial charge >= 0.3 is 16.3 Å². The van der Waals surface area contributed by atoms with Gasteiger partial charge in [-0.2, -0.15) is 17.0 Å². The van der Waals surface area contributed by atoms with E-state index in [4.69, 9.17) is 0 Å². The molecule has 0 atom stereocenters. The fourth-order valence-corrected chi connectivity index (χ4v) is 5.71. The van der Waals surface area contributed by atoms with Crippen LogP contribution in [0.1, 0.15) is 71.3 Å². The van der Waals surface area contributed by atoms with Gasteiger partial charge in [-0.1, -0.05) is 51.3 Å². The monoisotopic (exact) mass is 382 g/mol. The predicted molar refractivity (Wildman–Crippen MR) is 104 cm³/mol. The number of rotatable bonds is 6. The molecular formula is C19H30N2O4S. The first-order valence-corrected chi connectivity index (χ1v) is 10.7. The molecule has 1 saturated carbocycles. The Bertz CT molecular complexity index is 725. The van der Waals surface area contributed by atoms with Crippen LogP contribution in [0.25, 0.3) is 0 Å². The van der Waals surface area contributed by atoms with Crippen molar-refractivity contribution in [3.63, 3.8) is 0 Å². The number of anilines is 1. The first-order valence-electron chi connectivity index (χ1n) is 9.33. The van der Waals surface area contributed by atoms with Gasteiger partial charge in [0, 0.05) is 12.1 Å². The summed E-state index contributed by atoms with van der Waals surface area (Å²) < 4.78 is 28.9. The third-order valence-electron chi connectivity index (χ3n) is 4.89. The predicted octanol–water partition coefficient (Wildman–Crippen LogP) is 4.58. The Kier molecular flexibility index (Phi) is 6.69. The Balaban J connectivity index is 2.55. The van der Waals surface area contributed by atoms with E-state index in [-0.39, 0.29) is 23.7 Å². The second-order valence-electron chi connectivity index (χ2n) is 7.48. The van der Waals surface area contributed by atoms with E-state index < -0.39 is 16.3 Å². The van der Waals surface area contributed by atoms with Crippen molar-refractivity contribution in [2.75, 3.05) is 4.31 Å². The van der Waals surface area contributed by atoms with Crippen molar-refractivity contribution in [1.29, 1.82) is 0 Å². The molecule has 1 amide bonds. The van der Waals surface area contributed by atoms with Gasteiger partial charge in [-0.15, -0.1) is 0 Å². The summed E-state index contributed by atoms with van der Waals surface area (Å²) in [5, 5.41) is 9.82. The number of hydrogen-bond donors (Lipinski definition) is 1. The molecule has 1 N–H and O–H groups in total. The highest BCUT2D eigenvalue weighted by Gasteiger charge is 2.41. The maximum Gasteiger partial charge on any atom is 0.426 e. The summed E-state index contributed by atoms with van der Waals surface area (Å²) in [4.78, 5) is 12.1. The highest BCUT2D eigenvalue weighted by Crippen LogP contribution is 2.34. The molecule has 7 heteroatoms. The molecule has 1 aromatic rings. The average molecular weight is 383 g/mol. The van der Waals surface area contributed by atoms with E-state index in [2.05, 4.69) is 0 Å². The Morgan fingerprint density at radius 2 is 1.65 bits per heavy atom. The maximum atomic E-state index is 13.5. The average Bonchev–Trinajstić information content (AvgIpc) is 2.55. The molecule has 0 aliphatic heterocycles. The summed E-state index contributed by atoms with van der Waals surface area (Å²) in [6.07, 6.45) is 3.12. The van der Waals surface area contributed by atoms with Gasteiger partial charge in [-0.05, 0) is 44.2 Å². The summed E-state index contributed by atoms with van der Waals surface area (Å²) in [5.74, 6) is 0.00503. The molecule has 0 saturated heterocycles. The molecule has 0 heterocycles. The van der Waals surface area contributed by atoms with E-state index in [1.807, 2.05) is 13.8 Å². The largest absolute Gasteiger partial charge is 0.464 e. The highest BCUT2D eigenvalue weighted by molar-refractivity contribution is 7.91. The third kappa shape index (κ3) is 4.20. The molecule has 0 aromatic heterocycles. The fourth-order valence-electron chi connectivity index (χ4n) is 3.79. The molecule has 1 fully saturated rings. The van der Waals surface area contributed by atoms with Crippen LogP contribution in [0.15, 0.2) is 24.3 Å². The highest BCUT2D eigenvalue weighted by atomic mass is 32.2. The summed E-state index contributed by atoms with van der Waals surface area (Å²) in [6.45, 7) is 7.46. The lowest BCUT2D eigenvalue weighted by Crippen LogP contribution is -2.54. The first-order chi connectivity index (χ1) is 12.2. The Labute approximate surface area is 157 Å². The number of hydrogen-bond acceptors (Lipinski definition) is 3. The van der Waals surface area contributed by atoms with Gasteiger partial charge in [0.15, 0.2) is 0 Å². The molecule has 1 aromatic carbocycles. The number of para-hydroxylation sites is 1. The zero-order valence-electron chi connectivity index (χ0n) is 16.1. The molecule has 2 rings (SSSR count). The minimum Gasteiger partial charge on any atom is -0.464 e. The van der Waals surface area contributed by atoms with Gasteiger partial charge < -0.3 is 5.11 Å². The molecule has 0 unspecified atom stereocenters. The van der Waals surface area contributed by atoms with Crippen LogP contribution >= 0.6 is 0 Å². The van der Waals surface area contributed by atoms with Crippen LogP contribution in [0, 0.1) is 0 Å². The molecule has 146 valence electrons. The molecule has 0 bridgehead atoms. The minimum absolute atomic E-state index is 0.00503. The van der Waals surface area contributed by atoms with Gasteiger partial charge in [0.1, 0.15) is 0 Å². The normalized spacial score (nSPS) is 16.4. The quantitative estimate of drug-likeness (QED) is 0.781. The number of benzene rings is 1. The number of amides is 1. The van der Waals surface area contributed by atoms with Crippen LogP contribution < -0.4 is 4.31 Å². The van der Waals surface area contributed by atoms with Gasteiger partial charge in [-0.3, -0.25) is 0 Å². The van der Waals surface area contributed by atoms with Gasteiger partial charge in [-0.25, -0.2) is 4.79 Å². The first kappa shape index (κ1) is 20.7. The third-order valence-corrected chi connectivity index (χ3v) is 6.96. The molecular weight excluding hydrogens is 352 g/mol. The lowest BCUT2D eigenvalue weighted by molar-refractivity contribution is 0.200. The standard InChI is InChI=1S/C19H30N2O4S/c1-14(2)17-12-8-9-13-18(17)21(19(22)23)26(24,25)20(15(3)4)16-10-6-5-7-11-16/h8-9,12-16H,5-7,10-11H2,1-4H3,(H,22,23). The SMILES string of the molecule is CC(C)c1ccccc1N(C(=O)O)S(=O)(=O)N(C(C)C)C1CCCCC1. The number of nitrogens with zero attached hydrogens (tertiary/aromatic N) is 2. The van der Waals surface area contributed by atoms with Crippen molar-refractivity contribution in [2.45, 2.75) is 77.8 Å². The van der Waals surface area contributed by atoms with Crippen LogP contribution in [0.3, 0.4) is 0 Å². The van der Waals surface area contributed by atoms with Crippen LogP contribution in [-0.4, -0.2) is 36.0 Å². The van der Waals surface area contributed by atoms with Gasteiger partial charge in [0.25, 0.3) is 0 Å². The van der Waals surface area contributed by atoms with Crippen LogP contribution in [-0.2, 0) is 10.2 Å². The lowest BCUT2D eigenvalue weighted by Gasteiger charge is -2.38. The van der Waals surface area contributed by atoms with E-state index in [0.29, 0.717) is 9.87 Å². The molecule has 6 nitrogen and oxygen atoms in total.